The second kappa shape index (κ2) is 5.83. The number of aldehydes is 1. The highest BCUT2D eigenvalue weighted by atomic mass is 32.2. The predicted molar refractivity (Wildman–Crippen MR) is 69.0 cm³/mol. The van der Waals surface area contributed by atoms with Crippen LogP contribution in [0.5, 0.6) is 0 Å². The summed E-state index contributed by atoms with van der Waals surface area (Å²) in [5.41, 5.74) is -0.0428. The molecule has 1 aromatic carbocycles. The summed E-state index contributed by atoms with van der Waals surface area (Å²) < 4.78 is 14.8. The monoisotopic (exact) mass is 281 g/mol. The second-order valence-corrected chi connectivity index (χ2v) is 4.94. The number of rotatable bonds is 5. The van der Waals surface area contributed by atoms with Crippen LogP contribution in [0.15, 0.2) is 33.0 Å². The van der Waals surface area contributed by atoms with Crippen molar-refractivity contribution in [3.63, 3.8) is 0 Å². The number of aromatic nitrogens is 3. The lowest BCUT2D eigenvalue weighted by atomic mass is 10.2. The third-order valence-corrected chi connectivity index (χ3v) is 3.37. The highest BCUT2D eigenvalue weighted by Crippen LogP contribution is 2.26. The topological polar surface area (TPSA) is 67.8 Å². The van der Waals surface area contributed by atoms with Gasteiger partial charge >= 0.3 is 5.69 Å². The molecule has 0 unspecified atom stereocenters. The van der Waals surface area contributed by atoms with Gasteiger partial charge in [0.2, 0.25) is 0 Å². The molecule has 0 aliphatic heterocycles. The molecule has 0 radical (unpaired) electrons. The standard InChI is InChI=1S/C12H12FN3O2S/c1-2-3-16-11(18)14-15-12(16)19-10-5-8(7-17)4-9(13)6-10/h4-7H,2-3H2,1H3,(H,14,18). The molecule has 2 rings (SSSR count). The molecule has 0 aliphatic rings. The Balaban J connectivity index is 2.33. The Morgan fingerprint density at radius 2 is 2.26 bits per heavy atom. The summed E-state index contributed by atoms with van der Waals surface area (Å²) in [6, 6.07) is 4.00. The zero-order valence-corrected chi connectivity index (χ0v) is 11.0. The molecule has 0 saturated carbocycles. The zero-order valence-electron chi connectivity index (χ0n) is 10.2. The fourth-order valence-electron chi connectivity index (χ4n) is 1.62. The molecule has 0 amide bonds. The van der Waals surface area contributed by atoms with E-state index < -0.39 is 5.82 Å². The molecule has 5 nitrogen and oxygen atoms in total. The molecule has 0 fully saturated rings. The van der Waals surface area contributed by atoms with Crippen molar-refractivity contribution < 1.29 is 9.18 Å². The Kier molecular flexibility index (Phi) is 4.16. The SMILES string of the molecule is CCCn1c(Sc2cc(F)cc(C=O)c2)n[nH]c1=O. The Bertz CT molecular complexity index is 651. The lowest BCUT2D eigenvalue weighted by Gasteiger charge is -2.04. The summed E-state index contributed by atoms with van der Waals surface area (Å²) >= 11 is 1.14. The summed E-state index contributed by atoms with van der Waals surface area (Å²) in [6.45, 7) is 2.48. The number of H-pyrrole nitrogens is 1. The Morgan fingerprint density at radius 3 is 2.95 bits per heavy atom. The number of nitrogens with zero attached hydrogens (tertiary/aromatic N) is 2. The Morgan fingerprint density at radius 1 is 1.47 bits per heavy atom. The average molecular weight is 281 g/mol. The van der Waals surface area contributed by atoms with Gasteiger partial charge in [0.15, 0.2) is 5.16 Å². The molecule has 1 heterocycles. The van der Waals surface area contributed by atoms with Gasteiger partial charge in [-0.05, 0) is 36.4 Å². The fourth-order valence-corrected chi connectivity index (χ4v) is 2.57. The number of hydrogen-bond acceptors (Lipinski definition) is 4. The van der Waals surface area contributed by atoms with Crippen molar-refractivity contribution in [2.45, 2.75) is 29.9 Å². The third kappa shape index (κ3) is 3.11. The minimum absolute atomic E-state index is 0.252. The van der Waals surface area contributed by atoms with Gasteiger partial charge in [0, 0.05) is 17.0 Å². The zero-order chi connectivity index (χ0) is 13.8. The Labute approximate surface area is 112 Å². The van der Waals surface area contributed by atoms with E-state index in [0.717, 1.165) is 24.2 Å². The number of hydrogen-bond donors (Lipinski definition) is 1. The van der Waals surface area contributed by atoms with Crippen LogP contribution in [0.3, 0.4) is 0 Å². The lowest BCUT2D eigenvalue weighted by Crippen LogP contribution is -2.17. The average Bonchev–Trinajstić information content (AvgIpc) is 2.71. The first kappa shape index (κ1) is 13.5. The van der Waals surface area contributed by atoms with Crippen LogP contribution in [0.25, 0.3) is 0 Å². The number of nitrogens with one attached hydrogen (secondary N) is 1. The van der Waals surface area contributed by atoms with E-state index in [1.165, 1.54) is 10.6 Å². The van der Waals surface area contributed by atoms with E-state index in [1.807, 2.05) is 6.92 Å². The molecular weight excluding hydrogens is 269 g/mol. The van der Waals surface area contributed by atoms with Gasteiger partial charge < -0.3 is 0 Å². The summed E-state index contributed by atoms with van der Waals surface area (Å²) in [4.78, 5) is 22.7. The van der Waals surface area contributed by atoms with Crippen LogP contribution < -0.4 is 5.69 Å². The van der Waals surface area contributed by atoms with Crippen LogP contribution in [0.2, 0.25) is 0 Å². The van der Waals surface area contributed by atoms with Gasteiger partial charge in [-0.25, -0.2) is 14.3 Å². The molecule has 0 bridgehead atoms. The molecule has 2 aromatic rings. The fraction of sp³-hybridized carbons (Fsp3) is 0.250. The Hall–Kier alpha value is -1.89. The highest BCUT2D eigenvalue weighted by molar-refractivity contribution is 7.99. The van der Waals surface area contributed by atoms with Crippen LogP contribution in [0.4, 0.5) is 4.39 Å². The maximum Gasteiger partial charge on any atom is 0.343 e. The third-order valence-electron chi connectivity index (χ3n) is 2.41. The van der Waals surface area contributed by atoms with Gasteiger partial charge in [-0.3, -0.25) is 9.36 Å². The highest BCUT2D eigenvalue weighted by Gasteiger charge is 2.10. The van der Waals surface area contributed by atoms with E-state index in [4.69, 9.17) is 0 Å². The van der Waals surface area contributed by atoms with Crippen molar-refractivity contribution in [3.05, 3.63) is 40.1 Å². The summed E-state index contributed by atoms with van der Waals surface area (Å²) in [5, 5.41) is 6.70. The second-order valence-electron chi connectivity index (χ2n) is 3.90. The van der Waals surface area contributed by atoms with Gasteiger partial charge in [0.05, 0.1) is 0 Å². The van der Waals surface area contributed by atoms with Crippen molar-refractivity contribution in [2.24, 2.45) is 0 Å². The molecule has 0 spiro atoms. The molecule has 0 atom stereocenters. The van der Waals surface area contributed by atoms with Crippen molar-refractivity contribution in [1.29, 1.82) is 0 Å². The van der Waals surface area contributed by atoms with Crippen molar-refractivity contribution in [1.82, 2.24) is 14.8 Å². The van der Waals surface area contributed by atoms with Crippen LogP contribution in [0, 0.1) is 5.82 Å². The first-order valence-corrected chi connectivity index (χ1v) is 6.54. The van der Waals surface area contributed by atoms with E-state index in [-0.39, 0.29) is 11.3 Å². The molecule has 100 valence electrons. The van der Waals surface area contributed by atoms with E-state index in [1.54, 1.807) is 6.07 Å². The molecule has 0 saturated heterocycles. The van der Waals surface area contributed by atoms with E-state index in [0.29, 0.717) is 22.9 Å². The van der Waals surface area contributed by atoms with Gasteiger partial charge in [0.1, 0.15) is 12.1 Å². The molecule has 0 aliphatic carbocycles. The first-order valence-electron chi connectivity index (χ1n) is 5.73. The largest absolute Gasteiger partial charge is 0.343 e. The van der Waals surface area contributed by atoms with E-state index in [2.05, 4.69) is 10.2 Å². The van der Waals surface area contributed by atoms with Crippen molar-refractivity contribution in [2.75, 3.05) is 0 Å². The molecule has 1 N–H and O–H groups in total. The van der Waals surface area contributed by atoms with Crippen molar-refractivity contribution in [3.8, 4) is 0 Å². The normalized spacial score (nSPS) is 10.6. The lowest BCUT2D eigenvalue weighted by molar-refractivity contribution is 0.112. The molecular formula is C12H12FN3O2S. The van der Waals surface area contributed by atoms with E-state index in [9.17, 15) is 14.0 Å². The maximum absolute atomic E-state index is 13.3. The number of carbonyl (C=O) groups excluding carboxylic acids is 1. The molecule has 7 heteroatoms. The van der Waals surface area contributed by atoms with Crippen LogP contribution in [-0.2, 0) is 6.54 Å². The molecule has 19 heavy (non-hydrogen) atoms. The summed E-state index contributed by atoms with van der Waals surface area (Å²) in [5.74, 6) is -0.493. The first-order chi connectivity index (χ1) is 9.13. The van der Waals surface area contributed by atoms with Gasteiger partial charge in [-0.15, -0.1) is 5.10 Å². The maximum atomic E-state index is 13.3. The van der Waals surface area contributed by atoms with Crippen molar-refractivity contribution >= 4 is 18.0 Å². The molecule has 1 aromatic heterocycles. The number of aromatic amines is 1. The minimum Gasteiger partial charge on any atom is -0.298 e. The summed E-state index contributed by atoms with van der Waals surface area (Å²) in [6.07, 6.45) is 1.37. The van der Waals surface area contributed by atoms with E-state index >= 15 is 0 Å². The van der Waals surface area contributed by atoms with Crippen LogP contribution >= 0.6 is 11.8 Å². The smallest absolute Gasteiger partial charge is 0.298 e. The number of carbonyl (C=O) groups is 1. The van der Waals surface area contributed by atoms with Gasteiger partial charge in [0.25, 0.3) is 0 Å². The number of halogens is 1. The van der Waals surface area contributed by atoms with Crippen LogP contribution in [0.1, 0.15) is 23.7 Å². The predicted octanol–water partition coefficient (Wildman–Crippen LogP) is 2.08. The van der Waals surface area contributed by atoms with Gasteiger partial charge in [-0.1, -0.05) is 6.92 Å². The quantitative estimate of drug-likeness (QED) is 0.852. The number of benzene rings is 1. The summed E-state index contributed by atoms with van der Waals surface area (Å²) in [7, 11) is 0. The van der Waals surface area contributed by atoms with Gasteiger partial charge in [-0.2, -0.15) is 0 Å². The minimum atomic E-state index is -0.493. The van der Waals surface area contributed by atoms with Crippen LogP contribution in [-0.4, -0.2) is 21.1 Å².